The molecule has 12 nitrogen and oxygen atoms in total. The zero-order valence-corrected chi connectivity index (χ0v) is 19.7. The third-order valence-corrected chi connectivity index (χ3v) is 5.77. The van der Waals surface area contributed by atoms with Crippen LogP contribution in [0.15, 0.2) is 30.6 Å². The lowest BCUT2D eigenvalue weighted by Gasteiger charge is -2.23. The summed E-state index contributed by atoms with van der Waals surface area (Å²) in [5, 5.41) is 7.13. The molecule has 1 atom stereocenters. The van der Waals surface area contributed by atoms with Gasteiger partial charge in [0.15, 0.2) is 5.82 Å². The summed E-state index contributed by atoms with van der Waals surface area (Å²) >= 11 is 0. The van der Waals surface area contributed by atoms with Crippen molar-refractivity contribution in [3.63, 3.8) is 0 Å². The number of nitrogens with one attached hydrogen (secondary N) is 1. The first kappa shape index (κ1) is 24.1. The summed E-state index contributed by atoms with van der Waals surface area (Å²) in [6.07, 6.45) is 2.84. The highest BCUT2D eigenvalue weighted by Gasteiger charge is 2.30. The SMILES string of the molecule is CCOCCN(C)c1ccc(Nc2nc(N)nn2-c2cc(N3CCC[C@@H]3C(N)=O)ncn2)c(F)c1. The van der Waals surface area contributed by atoms with Gasteiger partial charge < -0.3 is 31.3 Å². The van der Waals surface area contributed by atoms with E-state index >= 15 is 0 Å². The normalized spacial score (nSPS) is 15.4. The Morgan fingerprint density at radius 2 is 2.11 bits per heavy atom. The van der Waals surface area contributed by atoms with Crippen LogP contribution < -0.4 is 26.6 Å². The van der Waals surface area contributed by atoms with E-state index in [9.17, 15) is 9.18 Å². The molecule has 1 fully saturated rings. The Kier molecular flexibility index (Phi) is 7.25. The van der Waals surface area contributed by atoms with E-state index in [4.69, 9.17) is 16.2 Å². The van der Waals surface area contributed by atoms with Gasteiger partial charge >= 0.3 is 0 Å². The van der Waals surface area contributed by atoms with Gasteiger partial charge in [0.1, 0.15) is 24.0 Å². The molecule has 1 amide bonds. The zero-order chi connectivity index (χ0) is 24.9. The van der Waals surface area contributed by atoms with Gasteiger partial charge in [-0.3, -0.25) is 4.79 Å². The molecule has 0 radical (unpaired) electrons. The first-order valence-electron chi connectivity index (χ1n) is 11.3. The monoisotopic (exact) mass is 484 g/mol. The van der Waals surface area contributed by atoms with Crippen LogP contribution in [-0.4, -0.2) is 70.0 Å². The number of nitrogen functional groups attached to an aromatic ring is 1. The van der Waals surface area contributed by atoms with Crippen LogP contribution in [0.2, 0.25) is 0 Å². The number of anilines is 5. The maximum atomic E-state index is 14.9. The molecule has 1 aliphatic rings. The largest absolute Gasteiger partial charge is 0.380 e. The van der Waals surface area contributed by atoms with Crippen molar-refractivity contribution in [2.24, 2.45) is 5.73 Å². The molecule has 1 saturated heterocycles. The molecule has 3 heterocycles. The Hall–Kier alpha value is -4.00. The molecule has 5 N–H and O–H groups in total. The minimum Gasteiger partial charge on any atom is -0.380 e. The van der Waals surface area contributed by atoms with E-state index in [1.54, 1.807) is 18.2 Å². The number of likely N-dealkylation sites (N-methyl/N-ethyl adjacent to an activating group) is 1. The van der Waals surface area contributed by atoms with Crippen molar-refractivity contribution in [2.45, 2.75) is 25.8 Å². The number of primary amides is 1. The molecule has 0 bridgehead atoms. The summed E-state index contributed by atoms with van der Waals surface area (Å²) in [7, 11) is 1.87. The maximum absolute atomic E-state index is 14.9. The fraction of sp³-hybridized carbons (Fsp3) is 0.409. The quantitative estimate of drug-likeness (QED) is 0.360. The van der Waals surface area contributed by atoms with Gasteiger partial charge in [-0.1, -0.05) is 0 Å². The molecule has 1 aromatic carbocycles. The lowest BCUT2D eigenvalue weighted by atomic mass is 10.2. The number of halogens is 1. The number of nitrogens with two attached hydrogens (primary N) is 2. The predicted octanol–water partition coefficient (Wildman–Crippen LogP) is 1.45. The topological polar surface area (TPSA) is 153 Å². The maximum Gasteiger partial charge on any atom is 0.241 e. The average molecular weight is 485 g/mol. The van der Waals surface area contributed by atoms with Crippen molar-refractivity contribution in [1.82, 2.24) is 24.7 Å². The number of benzene rings is 1. The van der Waals surface area contributed by atoms with Crippen LogP contribution in [0.1, 0.15) is 19.8 Å². The molecule has 0 saturated carbocycles. The second-order valence-electron chi connectivity index (χ2n) is 8.10. The highest BCUT2D eigenvalue weighted by molar-refractivity contribution is 5.84. The van der Waals surface area contributed by atoms with E-state index in [-0.39, 0.29) is 17.6 Å². The molecule has 186 valence electrons. The van der Waals surface area contributed by atoms with E-state index in [0.717, 1.165) is 6.42 Å². The second kappa shape index (κ2) is 10.5. The van der Waals surface area contributed by atoms with Gasteiger partial charge in [0.25, 0.3) is 0 Å². The smallest absolute Gasteiger partial charge is 0.241 e. The van der Waals surface area contributed by atoms with E-state index in [1.165, 1.54) is 17.1 Å². The van der Waals surface area contributed by atoms with Crippen molar-refractivity contribution >= 4 is 35.0 Å². The third-order valence-electron chi connectivity index (χ3n) is 5.77. The summed E-state index contributed by atoms with van der Waals surface area (Å²) in [5.74, 6) is 0.167. The van der Waals surface area contributed by atoms with Gasteiger partial charge in [0, 0.05) is 38.5 Å². The van der Waals surface area contributed by atoms with Crippen molar-refractivity contribution < 1.29 is 13.9 Å². The lowest BCUT2D eigenvalue weighted by molar-refractivity contribution is -0.119. The summed E-state index contributed by atoms with van der Waals surface area (Å²) in [4.78, 5) is 28.3. The second-order valence-corrected chi connectivity index (χ2v) is 8.10. The van der Waals surface area contributed by atoms with Gasteiger partial charge in [-0.05, 0) is 38.0 Å². The van der Waals surface area contributed by atoms with Crippen molar-refractivity contribution in [2.75, 3.05) is 54.2 Å². The molecule has 4 rings (SSSR count). The molecule has 0 unspecified atom stereocenters. The zero-order valence-electron chi connectivity index (χ0n) is 19.7. The van der Waals surface area contributed by atoms with Crippen molar-refractivity contribution in [1.29, 1.82) is 0 Å². The van der Waals surface area contributed by atoms with Crippen LogP contribution in [0, 0.1) is 5.82 Å². The van der Waals surface area contributed by atoms with Crippen molar-refractivity contribution in [3.8, 4) is 5.82 Å². The van der Waals surface area contributed by atoms with E-state index in [1.807, 2.05) is 23.8 Å². The summed E-state index contributed by atoms with van der Waals surface area (Å²) in [6, 6.07) is 6.06. The highest BCUT2D eigenvalue weighted by atomic mass is 19.1. The molecular formula is C22H29FN10O2. The number of hydrogen-bond acceptors (Lipinski definition) is 10. The van der Waals surface area contributed by atoms with E-state index < -0.39 is 17.8 Å². The number of carbonyl (C=O) groups is 1. The Balaban J connectivity index is 1.56. The number of ether oxygens (including phenoxy) is 1. The molecule has 1 aliphatic heterocycles. The Labute approximate surface area is 202 Å². The Morgan fingerprint density at radius 3 is 2.86 bits per heavy atom. The number of aromatic nitrogens is 5. The number of rotatable bonds is 10. The average Bonchev–Trinajstić information content (AvgIpc) is 3.47. The van der Waals surface area contributed by atoms with Gasteiger partial charge in [-0.15, -0.1) is 5.10 Å². The van der Waals surface area contributed by atoms with Gasteiger partial charge in [-0.25, -0.2) is 14.4 Å². The van der Waals surface area contributed by atoms with E-state index in [2.05, 4.69) is 25.4 Å². The van der Waals surface area contributed by atoms with Crippen molar-refractivity contribution in [3.05, 3.63) is 36.4 Å². The van der Waals surface area contributed by atoms with Gasteiger partial charge in [0.05, 0.1) is 12.3 Å². The highest BCUT2D eigenvalue weighted by Crippen LogP contribution is 2.27. The first-order chi connectivity index (χ1) is 16.9. The predicted molar refractivity (Wildman–Crippen MR) is 130 cm³/mol. The van der Waals surface area contributed by atoms with Crippen LogP contribution in [0.25, 0.3) is 5.82 Å². The Bertz CT molecular complexity index is 1190. The summed E-state index contributed by atoms with van der Waals surface area (Å²) in [6.45, 7) is 4.39. The summed E-state index contributed by atoms with van der Waals surface area (Å²) < 4.78 is 21.6. The fourth-order valence-corrected chi connectivity index (χ4v) is 3.95. The van der Waals surface area contributed by atoms with Gasteiger partial charge in [0.2, 0.25) is 17.8 Å². The number of carbonyl (C=O) groups excluding carboxylic acids is 1. The molecule has 13 heteroatoms. The Morgan fingerprint density at radius 1 is 1.31 bits per heavy atom. The van der Waals surface area contributed by atoms with E-state index in [0.29, 0.717) is 50.0 Å². The molecule has 35 heavy (non-hydrogen) atoms. The summed E-state index contributed by atoms with van der Waals surface area (Å²) in [5.41, 5.74) is 12.3. The number of nitrogens with zero attached hydrogens (tertiary/aromatic N) is 7. The lowest BCUT2D eigenvalue weighted by Crippen LogP contribution is -2.40. The van der Waals surface area contributed by atoms with Gasteiger partial charge in [-0.2, -0.15) is 9.67 Å². The fourth-order valence-electron chi connectivity index (χ4n) is 3.95. The van der Waals surface area contributed by atoms with Crippen LogP contribution >= 0.6 is 0 Å². The molecule has 0 aliphatic carbocycles. The molecule has 0 spiro atoms. The molecular weight excluding hydrogens is 455 g/mol. The first-order valence-corrected chi connectivity index (χ1v) is 11.3. The van der Waals surface area contributed by atoms with Crippen LogP contribution in [0.4, 0.5) is 33.5 Å². The number of amides is 1. The van der Waals surface area contributed by atoms with Crippen LogP contribution in [0.3, 0.4) is 0 Å². The van der Waals surface area contributed by atoms with Crippen LogP contribution in [0.5, 0.6) is 0 Å². The standard InChI is InChI=1S/C22H29FN10O2/c1-3-35-10-9-31(2)14-6-7-16(15(23)11-14)28-22-29-21(25)30-33(22)19-12-18(26-13-27-19)32-8-4-5-17(32)20(24)34/h6-7,11-13,17H,3-5,8-10H2,1-2H3,(H2,24,34)(H3,25,28,29,30)/t17-/m1/s1. The minimum atomic E-state index is -0.469. The number of hydrogen-bond donors (Lipinski definition) is 3. The van der Waals surface area contributed by atoms with Crippen LogP contribution in [-0.2, 0) is 9.53 Å². The molecule has 3 aromatic rings. The third kappa shape index (κ3) is 5.40. The molecule has 2 aromatic heterocycles. The minimum absolute atomic E-state index is 0.0171.